The lowest BCUT2D eigenvalue weighted by Crippen LogP contribution is -2.80. The molecule has 8 aliphatic carbocycles. The van der Waals surface area contributed by atoms with Crippen molar-refractivity contribution < 1.29 is 60.3 Å². The number of ether oxygens (including phenoxy) is 1. The minimum atomic E-state index is -2.13. The fourth-order valence-corrected chi connectivity index (χ4v) is 26.2. The summed E-state index contributed by atoms with van der Waals surface area (Å²) in [5.74, 6) is -1.18. The monoisotopic (exact) mass is 1170 g/mol. The van der Waals surface area contributed by atoms with E-state index in [9.17, 15) is 40.9 Å². The molecule has 0 unspecified atom stereocenters. The number of benzene rings is 1. The third-order valence-electron chi connectivity index (χ3n) is 27.0. The molecule has 9 N–H and O–H groups in total. The predicted molar refractivity (Wildman–Crippen MR) is 311 cm³/mol. The van der Waals surface area contributed by atoms with Crippen LogP contribution in [0.5, 0.6) is 5.75 Å². The summed E-state index contributed by atoms with van der Waals surface area (Å²) in [5, 5.41) is 118. The summed E-state index contributed by atoms with van der Waals surface area (Å²) in [7, 11) is 2.55. The second-order valence-electron chi connectivity index (χ2n) is 29.5. The van der Waals surface area contributed by atoms with Gasteiger partial charge in [0.2, 0.25) is 5.91 Å². The van der Waals surface area contributed by atoms with Gasteiger partial charge in [0.25, 0.3) is 0 Å². The van der Waals surface area contributed by atoms with E-state index in [1.54, 1.807) is 23.1 Å². The Morgan fingerprint density at radius 2 is 1.70 bits per heavy atom. The zero-order valence-corrected chi connectivity index (χ0v) is 50.1. The Bertz CT molecular complexity index is 2990. The van der Waals surface area contributed by atoms with Crippen LogP contribution in [0, 0.1) is 79.3 Å². The van der Waals surface area contributed by atoms with Crippen LogP contribution in [0.3, 0.4) is 0 Å². The summed E-state index contributed by atoms with van der Waals surface area (Å²) < 4.78 is 8.93. The number of carbonyl (C=O) groups is 2. The van der Waals surface area contributed by atoms with Crippen molar-refractivity contribution in [2.45, 2.75) is 203 Å². The molecule has 2 saturated heterocycles. The molecular formula is C65H89N3O12S2. The topological polar surface area (TPSA) is 250 Å². The highest BCUT2D eigenvalue weighted by Crippen LogP contribution is 2.84. The van der Waals surface area contributed by atoms with E-state index in [0.29, 0.717) is 120 Å². The minimum absolute atomic E-state index is 0.0294. The number of hydrogen-bond donors (Lipinski definition) is 9. The number of fused-ring (bicyclic) bond motifs is 3. The second-order valence-corrected chi connectivity index (χ2v) is 32.0. The van der Waals surface area contributed by atoms with Crippen molar-refractivity contribution in [1.29, 1.82) is 0 Å². The van der Waals surface area contributed by atoms with Crippen LogP contribution < -0.4 is 4.90 Å². The van der Waals surface area contributed by atoms with Crippen LogP contribution in [0.1, 0.15) is 148 Å². The maximum atomic E-state index is 16.7. The Balaban J connectivity index is 1.04. The molecule has 8 fully saturated rings. The van der Waals surface area contributed by atoms with E-state index in [1.807, 2.05) is 18.5 Å². The van der Waals surface area contributed by atoms with Gasteiger partial charge in [0.1, 0.15) is 34.3 Å². The minimum Gasteiger partial charge on any atom is -0.508 e. The van der Waals surface area contributed by atoms with E-state index in [-0.39, 0.29) is 73.8 Å². The van der Waals surface area contributed by atoms with Gasteiger partial charge in [-0.3, -0.25) is 9.59 Å². The highest BCUT2D eigenvalue weighted by molar-refractivity contribution is 8.76. The van der Waals surface area contributed by atoms with Crippen molar-refractivity contribution in [3.8, 4) is 5.75 Å². The number of imidazole rings is 1. The number of aromatic hydroxyl groups is 1. The molecule has 6 saturated carbocycles. The van der Waals surface area contributed by atoms with Gasteiger partial charge >= 0.3 is 0 Å². The summed E-state index contributed by atoms with van der Waals surface area (Å²) >= 11 is 0. The number of ketones is 1. The first-order valence-corrected chi connectivity index (χ1v) is 33.9. The van der Waals surface area contributed by atoms with Gasteiger partial charge in [0.15, 0.2) is 5.78 Å². The number of aryl methyl sites for hydroxylation is 2. The molecule has 2 aromatic rings. The fraction of sp³-hybridized carbons (Fsp3) is 0.769. The lowest BCUT2D eigenvalue weighted by Gasteiger charge is -2.75. The number of hydrogen-bond acceptors (Lipinski definition) is 15. The van der Waals surface area contributed by atoms with E-state index in [1.165, 1.54) is 21.6 Å². The van der Waals surface area contributed by atoms with Gasteiger partial charge in [0.05, 0.1) is 41.3 Å². The summed E-state index contributed by atoms with van der Waals surface area (Å²) in [5.41, 5.74) is -14.0. The van der Waals surface area contributed by atoms with Gasteiger partial charge in [-0.2, -0.15) is 0 Å². The number of aromatic nitrogens is 2. The number of aliphatic hydroxyl groups excluding tert-OH is 5. The van der Waals surface area contributed by atoms with E-state index in [2.05, 4.69) is 44.4 Å². The SMILES string of the molecule is CC(C)[C@@H](C)[C@@H]1O[C@H]1[C@@]1(O)CC=C[C@]23CCCc4nccn4C[C@H]4CC[C@@]5(C4)[C@]4(C)[C@@H](C2)C2=CC(=O)[C@@]4(C[C@@H](O)[C@]5(O)CO)[C@H](O)SSC[C@@H]4CCC[C@@H](CO)[C@]45C(=O)N(C[C@@]54CCC[C@@H]4O)c4cc(O)cc(c4)CC[C@]34[C@@H]1CC[C@@]24O. The number of epoxide rings is 1. The number of allylic oxidation sites excluding steroid dienone is 2. The summed E-state index contributed by atoms with van der Waals surface area (Å²) in [6.45, 7) is 8.31. The highest BCUT2D eigenvalue weighted by atomic mass is 33.1. The first-order valence-electron chi connectivity index (χ1n) is 31.5. The number of rotatable bonds is 5. The molecule has 82 heavy (non-hydrogen) atoms. The van der Waals surface area contributed by atoms with Gasteiger partial charge in [-0.15, -0.1) is 0 Å². The average molecular weight is 1170 g/mol. The maximum Gasteiger partial charge on any atom is 0.234 e. The Labute approximate surface area is 490 Å². The summed E-state index contributed by atoms with van der Waals surface area (Å²) in [4.78, 5) is 39.7. The fourth-order valence-electron chi connectivity index (χ4n) is 23.2. The molecule has 0 radical (unpaired) electrons. The zero-order valence-electron chi connectivity index (χ0n) is 48.4. The van der Waals surface area contributed by atoms with Crippen molar-refractivity contribution in [2.24, 2.45) is 79.3 Å². The van der Waals surface area contributed by atoms with Crippen LogP contribution >= 0.6 is 21.6 Å². The van der Waals surface area contributed by atoms with E-state index >= 15 is 14.7 Å². The van der Waals surface area contributed by atoms with E-state index in [0.717, 1.165) is 17.8 Å². The molecule has 17 heteroatoms. The Kier molecular flexibility index (Phi) is 13.3. The standard InChI is InChI=1S/C65H89N3O12S2/c1-37(2)38(3)52-53(80-52)61(77)19-8-17-57-16-7-12-51-66-23-24-67(51)32-40-13-20-59(29-40)56(4)46(30-57)45-28-49(73)60(56,31-50(74)64(59,79)36-70)55(76)82-81-34-42-10-5-9-41(33-69)65(42)54(75)68(35-58(65)18-6-11-48(58)72)43-25-39(26-44(71)27-43)14-21-62(57)47(61)15-22-63(45,62)78/h8,17,23-28,37-38,40-42,46-48,50,52-53,55,69-72,74,76-79H,5-7,9-16,18-22,29-36H2,1-4H3/t38-,40+,41+,42+,46+,47-,48+,50-,52+,53-,55-,56+,57-,58-,59-,60+,61-,62+,63-,64-,65-/m1/s1. The van der Waals surface area contributed by atoms with E-state index in [4.69, 9.17) is 9.72 Å². The van der Waals surface area contributed by atoms with Crippen molar-refractivity contribution in [3.63, 3.8) is 0 Å². The molecule has 1 aromatic heterocycles. The molecule has 14 aliphatic rings. The van der Waals surface area contributed by atoms with Crippen molar-refractivity contribution in [3.05, 3.63) is 65.8 Å². The largest absolute Gasteiger partial charge is 0.508 e. The molecule has 21 atom stereocenters. The van der Waals surface area contributed by atoms with Gasteiger partial charge < -0.3 is 60.2 Å². The Morgan fingerprint density at radius 1 is 0.878 bits per heavy atom. The first kappa shape index (κ1) is 57.0. The molecular weight excluding hydrogens is 1080 g/mol. The Morgan fingerprint density at radius 3 is 2.45 bits per heavy atom. The average Bonchev–Trinajstić information content (AvgIpc) is 1.10. The zero-order chi connectivity index (χ0) is 57.6. The number of phenolic OH excluding ortho intramolecular Hbond substituents is 1. The van der Waals surface area contributed by atoms with Crippen LogP contribution in [-0.4, -0.2) is 139 Å². The molecule has 1 aromatic carbocycles. The van der Waals surface area contributed by atoms with Gasteiger partial charge in [0, 0.05) is 78.2 Å². The number of aliphatic hydroxyl groups is 8. The van der Waals surface area contributed by atoms with Crippen LogP contribution in [-0.2, 0) is 33.7 Å². The summed E-state index contributed by atoms with van der Waals surface area (Å²) in [6, 6.07) is 5.37. The number of phenols is 1. The lowest BCUT2D eigenvalue weighted by atomic mass is 9.29. The van der Waals surface area contributed by atoms with Crippen molar-refractivity contribution in [2.75, 3.05) is 30.4 Å². The second kappa shape index (κ2) is 19.1. The lowest BCUT2D eigenvalue weighted by molar-refractivity contribution is -0.314. The first-order chi connectivity index (χ1) is 39.1. The van der Waals surface area contributed by atoms with Gasteiger partial charge in [-0.25, -0.2) is 4.98 Å². The molecule has 15 nitrogen and oxygen atoms in total. The highest BCUT2D eigenvalue weighted by Gasteiger charge is 2.86. The molecule has 12 bridgehead atoms. The number of amides is 1. The number of nitrogens with zero attached hydrogens (tertiary/aromatic N) is 3. The normalized spacial score (nSPS) is 49.7. The third kappa shape index (κ3) is 6.83. The van der Waals surface area contributed by atoms with Gasteiger partial charge in [-0.1, -0.05) is 74.3 Å². The number of carbonyl (C=O) groups excluding carboxylic acids is 2. The maximum absolute atomic E-state index is 16.7. The van der Waals surface area contributed by atoms with Crippen molar-refractivity contribution in [1.82, 2.24) is 9.55 Å². The van der Waals surface area contributed by atoms with E-state index < -0.39 is 109 Å². The molecule has 6 spiro atoms. The van der Waals surface area contributed by atoms with Crippen molar-refractivity contribution >= 4 is 39.0 Å². The third-order valence-corrected chi connectivity index (χ3v) is 29.7. The van der Waals surface area contributed by atoms with Gasteiger partial charge in [-0.05, 0) is 178 Å². The predicted octanol–water partition coefficient (Wildman–Crippen LogP) is 7.20. The smallest absolute Gasteiger partial charge is 0.234 e. The Hall–Kier alpha value is -2.81. The van der Waals surface area contributed by atoms with Crippen LogP contribution in [0.2, 0.25) is 0 Å². The van der Waals surface area contributed by atoms with Crippen LogP contribution in [0.15, 0.2) is 54.4 Å². The molecule has 6 aliphatic heterocycles. The van der Waals surface area contributed by atoms with Crippen LogP contribution in [0.4, 0.5) is 5.69 Å². The summed E-state index contributed by atoms with van der Waals surface area (Å²) in [6.07, 6.45) is 15.0. The quantitative estimate of drug-likeness (QED) is 0.0816. The van der Waals surface area contributed by atoms with Crippen LogP contribution in [0.25, 0.3) is 0 Å². The molecule has 7 heterocycles. The molecule has 448 valence electrons. The molecule has 16 rings (SSSR count). The molecule has 1 amide bonds. The number of anilines is 1.